The first-order valence-corrected chi connectivity index (χ1v) is 6.32. The first kappa shape index (κ1) is 11.6. The topological polar surface area (TPSA) is 41.1 Å². The molecule has 16 heavy (non-hydrogen) atoms. The lowest BCUT2D eigenvalue weighted by Crippen LogP contribution is -2.40. The van der Waals surface area contributed by atoms with Gasteiger partial charge in [0.25, 0.3) is 0 Å². The van der Waals surface area contributed by atoms with Gasteiger partial charge in [-0.2, -0.15) is 0 Å². The second-order valence-electron chi connectivity index (χ2n) is 4.07. The molecule has 1 aromatic rings. The van der Waals surface area contributed by atoms with E-state index in [2.05, 4.69) is 26.6 Å². The van der Waals surface area contributed by atoms with Crippen LogP contribution in [0, 0.1) is 0 Å². The van der Waals surface area contributed by atoms with E-state index in [0.29, 0.717) is 12.6 Å². The molecule has 1 aliphatic carbocycles. The second kappa shape index (κ2) is 5.46. The fraction of sp³-hybridized carbons (Fsp3) is 0.417. The summed E-state index contributed by atoms with van der Waals surface area (Å²) in [6, 6.07) is 8.16. The number of hydrogen-bond donors (Lipinski definition) is 2. The molecule has 0 aliphatic heterocycles. The third-order valence-electron chi connectivity index (χ3n) is 2.76. The van der Waals surface area contributed by atoms with Gasteiger partial charge in [0.2, 0.25) is 5.91 Å². The molecule has 2 N–H and O–H groups in total. The Morgan fingerprint density at radius 1 is 1.44 bits per heavy atom. The highest BCUT2D eigenvalue weighted by molar-refractivity contribution is 9.10. The lowest BCUT2D eigenvalue weighted by atomic mass is 9.93. The molecule has 0 bridgehead atoms. The summed E-state index contributed by atoms with van der Waals surface area (Å²) in [5.41, 5.74) is 0.829. The average molecular weight is 283 g/mol. The van der Waals surface area contributed by atoms with Crippen LogP contribution in [0.1, 0.15) is 19.3 Å². The molecular formula is C12H15BrN2O. The van der Waals surface area contributed by atoms with Gasteiger partial charge in [-0.1, -0.05) is 28.4 Å². The van der Waals surface area contributed by atoms with Crippen LogP contribution in [0.4, 0.5) is 5.69 Å². The van der Waals surface area contributed by atoms with E-state index in [-0.39, 0.29) is 5.91 Å². The summed E-state index contributed by atoms with van der Waals surface area (Å²) in [5.74, 6) is 0.0185. The van der Waals surface area contributed by atoms with Crippen molar-refractivity contribution < 1.29 is 4.79 Å². The largest absolute Gasteiger partial charge is 0.325 e. The smallest absolute Gasteiger partial charge is 0.238 e. The lowest BCUT2D eigenvalue weighted by Gasteiger charge is -2.26. The Morgan fingerprint density at radius 3 is 2.88 bits per heavy atom. The summed E-state index contributed by atoms with van der Waals surface area (Å²) in [4.78, 5) is 11.6. The van der Waals surface area contributed by atoms with E-state index < -0.39 is 0 Å². The maximum atomic E-state index is 11.6. The van der Waals surface area contributed by atoms with Crippen LogP contribution >= 0.6 is 15.9 Å². The SMILES string of the molecule is O=C(CNC1CCC1)Nc1cccc(Br)c1. The normalized spacial score (nSPS) is 15.6. The minimum Gasteiger partial charge on any atom is -0.325 e. The van der Waals surface area contributed by atoms with Gasteiger partial charge in [-0.05, 0) is 31.0 Å². The van der Waals surface area contributed by atoms with Crippen molar-refractivity contribution in [2.45, 2.75) is 25.3 Å². The van der Waals surface area contributed by atoms with Crippen molar-refractivity contribution in [1.29, 1.82) is 0 Å². The van der Waals surface area contributed by atoms with Crippen LogP contribution in [0.5, 0.6) is 0 Å². The number of halogens is 1. The summed E-state index contributed by atoms with van der Waals surface area (Å²) in [7, 11) is 0. The number of carbonyl (C=O) groups is 1. The fourth-order valence-corrected chi connectivity index (χ4v) is 2.02. The summed E-state index contributed by atoms with van der Waals surface area (Å²) >= 11 is 3.37. The van der Waals surface area contributed by atoms with Crippen molar-refractivity contribution in [3.63, 3.8) is 0 Å². The third kappa shape index (κ3) is 3.32. The average Bonchev–Trinajstić information content (AvgIpc) is 2.15. The molecule has 1 saturated carbocycles. The molecule has 3 nitrogen and oxygen atoms in total. The van der Waals surface area contributed by atoms with Crippen molar-refractivity contribution in [3.05, 3.63) is 28.7 Å². The molecule has 0 spiro atoms. The van der Waals surface area contributed by atoms with Crippen molar-refractivity contribution in [2.24, 2.45) is 0 Å². The van der Waals surface area contributed by atoms with Gasteiger partial charge in [-0.25, -0.2) is 0 Å². The third-order valence-corrected chi connectivity index (χ3v) is 3.26. The van der Waals surface area contributed by atoms with Crippen LogP contribution in [0.3, 0.4) is 0 Å². The summed E-state index contributed by atoms with van der Waals surface area (Å²) in [6.07, 6.45) is 3.68. The molecule has 1 aliphatic rings. The van der Waals surface area contributed by atoms with Gasteiger partial charge in [0, 0.05) is 16.2 Å². The van der Waals surface area contributed by atoms with Crippen LogP contribution in [0.15, 0.2) is 28.7 Å². The summed E-state index contributed by atoms with van der Waals surface area (Å²) < 4.78 is 0.970. The predicted octanol–water partition coefficient (Wildman–Crippen LogP) is 2.53. The molecule has 0 saturated heterocycles. The van der Waals surface area contributed by atoms with Gasteiger partial charge < -0.3 is 10.6 Å². The molecule has 0 radical (unpaired) electrons. The molecule has 1 amide bonds. The number of amides is 1. The van der Waals surface area contributed by atoms with E-state index in [4.69, 9.17) is 0 Å². The van der Waals surface area contributed by atoms with Gasteiger partial charge in [-0.15, -0.1) is 0 Å². The van der Waals surface area contributed by atoms with Gasteiger partial charge in [-0.3, -0.25) is 4.79 Å². The number of carbonyl (C=O) groups excluding carboxylic acids is 1. The van der Waals surface area contributed by atoms with Crippen molar-refractivity contribution in [3.8, 4) is 0 Å². The van der Waals surface area contributed by atoms with Crippen LogP contribution in [0.25, 0.3) is 0 Å². The molecule has 86 valence electrons. The number of anilines is 1. The highest BCUT2D eigenvalue weighted by atomic mass is 79.9. The molecule has 1 aromatic carbocycles. The van der Waals surface area contributed by atoms with Crippen LogP contribution < -0.4 is 10.6 Å². The molecule has 0 atom stereocenters. The monoisotopic (exact) mass is 282 g/mol. The zero-order valence-electron chi connectivity index (χ0n) is 9.00. The number of rotatable bonds is 4. The van der Waals surface area contributed by atoms with Crippen molar-refractivity contribution >= 4 is 27.5 Å². The quantitative estimate of drug-likeness (QED) is 0.891. The van der Waals surface area contributed by atoms with E-state index in [1.54, 1.807) is 0 Å². The summed E-state index contributed by atoms with van der Waals surface area (Å²) in [6.45, 7) is 0.400. The van der Waals surface area contributed by atoms with E-state index >= 15 is 0 Å². The Balaban J connectivity index is 1.77. The minimum absolute atomic E-state index is 0.0185. The first-order chi connectivity index (χ1) is 7.74. The number of benzene rings is 1. The van der Waals surface area contributed by atoms with Crippen molar-refractivity contribution in [2.75, 3.05) is 11.9 Å². The maximum Gasteiger partial charge on any atom is 0.238 e. The number of nitrogens with one attached hydrogen (secondary N) is 2. The van der Waals surface area contributed by atoms with Crippen LogP contribution in [-0.2, 0) is 4.79 Å². The molecule has 0 aromatic heterocycles. The zero-order chi connectivity index (χ0) is 11.4. The first-order valence-electron chi connectivity index (χ1n) is 5.53. The maximum absolute atomic E-state index is 11.6. The lowest BCUT2D eigenvalue weighted by molar-refractivity contribution is -0.115. The van der Waals surface area contributed by atoms with Crippen LogP contribution in [0.2, 0.25) is 0 Å². The standard InChI is InChI=1S/C12H15BrN2O/c13-9-3-1-6-11(7-9)15-12(16)8-14-10-4-2-5-10/h1,3,6-7,10,14H,2,4-5,8H2,(H,15,16). The fourth-order valence-electron chi connectivity index (χ4n) is 1.62. The minimum atomic E-state index is 0.0185. The Morgan fingerprint density at radius 2 is 2.25 bits per heavy atom. The van der Waals surface area contributed by atoms with Gasteiger partial charge >= 0.3 is 0 Å². The zero-order valence-corrected chi connectivity index (χ0v) is 10.6. The van der Waals surface area contributed by atoms with E-state index in [1.807, 2.05) is 24.3 Å². The number of hydrogen-bond acceptors (Lipinski definition) is 2. The molecule has 0 heterocycles. The highest BCUT2D eigenvalue weighted by Gasteiger charge is 2.17. The Hall–Kier alpha value is -0.870. The molecule has 4 heteroatoms. The second-order valence-corrected chi connectivity index (χ2v) is 4.98. The van der Waals surface area contributed by atoms with Gasteiger partial charge in [0.05, 0.1) is 6.54 Å². The van der Waals surface area contributed by atoms with Crippen LogP contribution in [-0.4, -0.2) is 18.5 Å². The van der Waals surface area contributed by atoms with Gasteiger partial charge in [0.15, 0.2) is 0 Å². The Labute approximate surface area is 104 Å². The Kier molecular flexibility index (Phi) is 3.96. The molecular weight excluding hydrogens is 268 g/mol. The molecule has 2 rings (SSSR count). The predicted molar refractivity (Wildman–Crippen MR) is 68.4 cm³/mol. The highest BCUT2D eigenvalue weighted by Crippen LogP contribution is 2.18. The van der Waals surface area contributed by atoms with Gasteiger partial charge in [0.1, 0.15) is 0 Å². The van der Waals surface area contributed by atoms with Crippen molar-refractivity contribution in [1.82, 2.24) is 5.32 Å². The Bertz CT molecular complexity index is 377. The van der Waals surface area contributed by atoms with E-state index in [0.717, 1.165) is 10.2 Å². The molecule has 0 unspecified atom stereocenters. The van der Waals surface area contributed by atoms with E-state index in [9.17, 15) is 4.79 Å². The van der Waals surface area contributed by atoms with E-state index in [1.165, 1.54) is 19.3 Å². The summed E-state index contributed by atoms with van der Waals surface area (Å²) in [5, 5.41) is 6.08. The molecule has 1 fully saturated rings.